The summed E-state index contributed by atoms with van der Waals surface area (Å²) in [5, 5.41) is 2.74. The first-order chi connectivity index (χ1) is 8.56. The molecule has 18 heavy (non-hydrogen) atoms. The number of nitrogens with one attached hydrogen (secondary N) is 1. The lowest BCUT2D eigenvalue weighted by atomic mass is 10.2. The van der Waals surface area contributed by atoms with Crippen LogP contribution in [0.2, 0.25) is 0 Å². The maximum absolute atomic E-state index is 11.9. The number of amides is 2. The van der Waals surface area contributed by atoms with Crippen molar-refractivity contribution in [3.63, 3.8) is 0 Å². The number of hydrogen-bond donors (Lipinski definition) is 1. The summed E-state index contributed by atoms with van der Waals surface area (Å²) in [5.74, 6) is -0.817. The largest absolute Gasteiger partial charge is 0.345 e. The summed E-state index contributed by atoms with van der Waals surface area (Å²) in [6.07, 6.45) is 2.01. The predicted octanol–water partition coefficient (Wildman–Crippen LogP) is -0.0147. The number of carbonyl (C=O) groups excluding carboxylic acids is 2. The third kappa shape index (κ3) is 3.57. The Labute approximate surface area is 108 Å². The minimum Gasteiger partial charge on any atom is -0.345 e. The van der Waals surface area contributed by atoms with Crippen molar-refractivity contribution in [1.29, 1.82) is 0 Å². The monoisotopic (exact) mass is 251 g/mol. The van der Waals surface area contributed by atoms with Gasteiger partial charge in [-0.2, -0.15) is 0 Å². The van der Waals surface area contributed by atoms with E-state index >= 15 is 0 Å². The van der Waals surface area contributed by atoms with Gasteiger partial charge in [0.15, 0.2) is 0 Å². The molecule has 5 heteroatoms. The topological polar surface area (TPSA) is 52.7 Å². The SMILES string of the molecule is C=C(C)CN1CCN(C(=O)C(=O)NC2CC2)CC1. The molecule has 0 atom stereocenters. The highest BCUT2D eigenvalue weighted by Crippen LogP contribution is 2.18. The molecule has 0 aromatic carbocycles. The average Bonchev–Trinajstić information content (AvgIpc) is 3.12. The summed E-state index contributed by atoms with van der Waals surface area (Å²) in [4.78, 5) is 27.4. The zero-order valence-electron chi connectivity index (χ0n) is 10.9. The van der Waals surface area contributed by atoms with Crippen molar-refractivity contribution in [2.45, 2.75) is 25.8 Å². The van der Waals surface area contributed by atoms with Gasteiger partial charge < -0.3 is 10.2 Å². The predicted molar refractivity (Wildman–Crippen MR) is 69.0 cm³/mol. The van der Waals surface area contributed by atoms with Gasteiger partial charge in [0.1, 0.15) is 0 Å². The highest BCUT2D eigenvalue weighted by molar-refractivity contribution is 6.35. The summed E-state index contributed by atoms with van der Waals surface area (Å²) in [6, 6.07) is 0.242. The molecular formula is C13H21N3O2. The van der Waals surface area contributed by atoms with Crippen LogP contribution in [0.3, 0.4) is 0 Å². The Balaban J connectivity index is 1.75. The highest BCUT2D eigenvalue weighted by Gasteiger charge is 2.30. The minimum absolute atomic E-state index is 0.242. The fraction of sp³-hybridized carbons (Fsp3) is 0.692. The fourth-order valence-corrected chi connectivity index (χ4v) is 2.11. The Kier molecular flexibility index (Phi) is 4.01. The van der Waals surface area contributed by atoms with E-state index in [9.17, 15) is 9.59 Å². The van der Waals surface area contributed by atoms with Gasteiger partial charge in [0.05, 0.1) is 0 Å². The number of carbonyl (C=O) groups is 2. The van der Waals surface area contributed by atoms with E-state index < -0.39 is 5.91 Å². The van der Waals surface area contributed by atoms with Crippen molar-refractivity contribution >= 4 is 11.8 Å². The summed E-state index contributed by atoms with van der Waals surface area (Å²) in [7, 11) is 0. The summed E-state index contributed by atoms with van der Waals surface area (Å²) < 4.78 is 0. The lowest BCUT2D eigenvalue weighted by molar-refractivity contribution is -0.147. The molecule has 2 aliphatic rings. The second-order valence-electron chi connectivity index (χ2n) is 5.27. The second-order valence-corrected chi connectivity index (χ2v) is 5.27. The number of rotatable bonds is 3. The normalized spacial score (nSPS) is 20.6. The van der Waals surface area contributed by atoms with E-state index in [1.165, 1.54) is 0 Å². The van der Waals surface area contributed by atoms with E-state index in [0.717, 1.165) is 38.0 Å². The van der Waals surface area contributed by atoms with Crippen LogP contribution >= 0.6 is 0 Å². The first-order valence-corrected chi connectivity index (χ1v) is 6.53. The Morgan fingerprint density at radius 2 is 1.83 bits per heavy atom. The van der Waals surface area contributed by atoms with E-state index in [0.29, 0.717) is 13.1 Å². The van der Waals surface area contributed by atoms with Crippen LogP contribution in [0.5, 0.6) is 0 Å². The lowest BCUT2D eigenvalue weighted by Crippen LogP contribution is -2.53. The molecule has 2 amide bonds. The van der Waals surface area contributed by atoms with Crippen molar-refractivity contribution in [2.75, 3.05) is 32.7 Å². The van der Waals surface area contributed by atoms with Gasteiger partial charge in [0.25, 0.3) is 0 Å². The van der Waals surface area contributed by atoms with Crippen molar-refractivity contribution in [3.05, 3.63) is 12.2 Å². The van der Waals surface area contributed by atoms with Gasteiger partial charge in [-0.3, -0.25) is 14.5 Å². The summed E-state index contributed by atoms with van der Waals surface area (Å²) in [6.45, 7) is 9.64. The third-order valence-corrected chi connectivity index (χ3v) is 3.26. The molecule has 0 radical (unpaired) electrons. The van der Waals surface area contributed by atoms with Crippen LogP contribution in [-0.4, -0.2) is 60.4 Å². The lowest BCUT2D eigenvalue weighted by Gasteiger charge is -2.34. The highest BCUT2D eigenvalue weighted by atomic mass is 16.2. The Morgan fingerprint density at radius 1 is 1.22 bits per heavy atom. The summed E-state index contributed by atoms with van der Waals surface area (Å²) >= 11 is 0. The smallest absolute Gasteiger partial charge is 0.311 e. The molecule has 1 aliphatic carbocycles. The number of nitrogens with zero attached hydrogens (tertiary/aromatic N) is 2. The van der Waals surface area contributed by atoms with Gasteiger partial charge in [0, 0.05) is 38.8 Å². The molecule has 0 aromatic heterocycles. The Morgan fingerprint density at radius 3 is 2.33 bits per heavy atom. The Bertz CT molecular complexity index is 355. The van der Waals surface area contributed by atoms with E-state index in [2.05, 4.69) is 16.8 Å². The van der Waals surface area contributed by atoms with Gasteiger partial charge in [-0.25, -0.2) is 0 Å². The fourth-order valence-electron chi connectivity index (χ4n) is 2.11. The first-order valence-electron chi connectivity index (χ1n) is 6.53. The molecule has 0 bridgehead atoms. The van der Waals surface area contributed by atoms with Crippen molar-refractivity contribution in [2.24, 2.45) is 0 Å². The van der Waals surface area contributed by atoms with Crippen LogP contribution in [-0.2, 0) is 9.59 Å². The molecule has 0 aromatic rings. The van der Waals surface area contributed by atoms with Crippen LogP contribution in [0, 0.1) is 0 Å². The first kappa shape index (κ1) is 13.1. The maximum atomic E-state index is 11.9. The molecule has 1 heterocycles. The van der Waals surface area contributed by atoms with Gasteiger partial charge in [-0.1, -0.05) is 12.2 Å². The maximum Gasteiger partial charge on any atom is 0.311 e. The van der Waals surface area contributed by atoms with E-state index in [-0.39, 0.29) is 11.9 Å². The number of piperazine rings is 1. The van der Waals surface area contributed by atoms with Crippen LogP contribution < -0.4 is 5.32 Å². The zero-order valence-corrected chi connectivity index (χ0v) is 10.9. The van der Waals surface area contributed by atoms with Gasteiger partial charge in [0.2, 0.25) is 0 Å². The molecule has 0 unspecified atom stereocenters. The van der Waals surface area contributed by atoms with E-state index in [1.807, 2.05) is 6.92 Å². The van der Waals surface area contributed by atoms with Gasteiger partial charge in [-0.05, 0) is 19.8 Å². The molecule has 1 aliphatic heterocycles. The average molecular weight is 251 g/mol. The van der Waals surface area contributed by atoms with Crippen LogP contribution in [0.4, 0.5) is 0 Å². The van der Waals surface area contributed by atoms with Crippen molar-refractivity contribution in [3.8, 4) is 0 Å². The summed E-state index contributed by atoms with van der Waals surface area (Å²) in [5.41, 5.74) is 1.13. The van der Waals surface area contributed by atoms with E-state index in [4.69, 9.17) is 0 Å². The second kappa shape index (κ2) is 5.52. The van der Waals surface area contributed by atoms with Crippen molar-refractivity contribution in [1.82, 2.24) is 15.1 Å². The molecule has 1 saturated carbocycles. The molecule has 100 valence electrons. The molecule has 2 fully saturated rings. The standard InChI is InChI=1S/C13H21N3O2/c1-10(2)9-15-5-7-16(8-6-15)13(18)12(17)14-11-3-4-11/h11H,1,3-9H2,2H3,(H,14,17). The van der Waals surface area contributed by atoms with Gasteiger partial charge in [-0.15, -0.1) is 0 Å². The Hall–Kier alpha value is -1.36. The minimum atomic E-state index is -0.439. The molecular weight excluding hydrogens is 230 g/mol. The molecule has 5 nitrogen and oxygen atoms in total. The third-order valence-electron chi connectivity index (χ3n) is 3.26. The molecule has 2 rings (SSSR count). The van der Waals surface area contributed by atoms with Gasteiger partial charge >= 0.3 is 11.8 Å². The van der Waals surface area contributed by atoms with Crippen LogP contribution in [0.25, 0.3) is 0 Å². The molecule has 1 saturated heterocycles. The van der Waals surface area contributed by atoms with Crippen LogP contribution in [0.1, 0.15) is 19.8 Å². The molecule has 0 spiro atoms. The van der Waals surface area contributed by atoms with E-state index in [1.54, 1.807) is 4.90 Å². The van der Waals surface area contributed by atoms with Crippen LogP contribution in [0.15, 0.2) is 12.2 Å². The zero-order chi connectivity index (χ0) is 13.1. The quantitative estimate of drug-likeness (QED) is 0.567. The number of hydrogen-bond acceptors (Lipinski definition) is 3. The van der Waals surface area contributed by atoms with Crippen molar-refractivity contribution < 1.29 is 9.59 Å². The molecule has 1 N–H and O–H groups in total.